The van der Waals surface area contributed by atoms with Gasteiger partial charge in [0.1, 0.15) is 5.82 Å². The van der Waals surface area contributed by atoms with Gasteiger partial charge in [0.05, 0.1) is 34.8 Å². The molecule has 0 bridgehead atoms. The first-order chi connectivity index (χ1) is 8.50. The van der Waals surface area contributed by atoms with Crippen molar-refractivity contribution in [3.8, 4) is 0 Å². The van der Waals surface area contributed by atoms with Crippen molar-refractivity contribution in [2.75, 3.05) is 0 Å². The largest absolute Gasteiger partial charge is 0.318 e. The summed E-state index contributed by atoms with van der Waals surface area (Å²) in [6.45, 7) is 3.97. The van der Waals surface area contributed by atoms with Crippen molar-refractivity contribution in [1.29, 1.82) is 0 Å². The Morgan fingerprint density at radius 1 is 1.33 bits per heavy atom. The molecule has 18 heavy (non-hydrogen) atoms. The summed E-state index contributed by atoms with van der Waals surface area (Å²) >= 11 is 6.10. The molecule has 4 nitrogen and oxygen atoms in total. The smallest absolute Gasteiger partial charge is 0.141 e. The lowest BCUT2D eigenvalue weighted by Crippen LogP contribution is -2.20. The molecular formula is C12H14ClFN4. The highest BCUT2D eigenvalue weighted by molar-refractivity contribution is 6.31. The highest BCUT2D eigenvalue weighted by Crippen LogP contribution is 2.27. The fraction of sp³-hybridized carbons (Fsp3) is 0.333. The van der Waals surface area contributed by atoms with Gasteiger partial charge in [-0.1, -0.05) is 11.6 Å². The third-order valence-corrected chi connectivity index (χ3v) is 2.93. The number of pyridine rings is 1. The van der Waals surface area contributed by atoms with E-state index < -0.39 is 11.9 Å². The predicted molar refractivity (Wildman–Crippen MR) is 67.8 cm³/mol. The number of halogens is 2. The van der Waals surface area contributed by atoms with Crippen molar-refractivity contribution < 1.29 is 4.39 Å². The van der Waals surface area contributed by atoms with E-state index >= 15 is 0 Å². The van der Waals surface area contributed by atoms with Gasteiger partial charge < -0.3 is 5.73 Å². The predicted octanol–water partition coefficient (Wildman–Crippen LogP) is 2.70. The molecule has 1 unspecified atom stereocenters. The van der Waals surface area contributed by atoms with E-state index in [1.807, 2.05) is 13.8 Å². The zero-order valence-corrected chi connectivity index (χ0v) is 10.9. The van der Waals surface area contributed by atoms with Crippen LogP contribution in [0, 0.1) is 5.82 Å². The first-order valence-electron chi connectivity index (χ1n) is 5.60. The van der Waals surface area contributed by atoms with Crippen LogP contribution in [0.15, 0.2) is 24.5 Å². The maximum atomic E-state index is 12.8. The van der Waals surface area contributed by atoms with Crippen molar-refractivity contribution in [3.05, 3.63) is 46.8 Å². The fourth-order valence-electron chi connectivity index (χ4n) is 1.76. The van der Waals surface area contributed by atoms with Crippen molar-refractivity contribution in [1.82, 2.24) is 14.8 Å². The van der Waals surface area contributed by atoms with Crippen LogP contribution in [0.3, 0.4) is 0 Å². The Morgan fingerprint density at radius 3 is 2.61 bits per heavy atom. The molecule has 0 spiro atoms. The van der Waals surface area contributed by atoms with Crippen LogP contribution in [0.25, 0.3) is 0 Å². The van der Waals surface area contributed by atoms with Gasteiger partial charge in [-0.3, -0.25) is 9.67 Å². The molecule has 2 aromatic heterocycles. The van der Waals surface area contributed by atoms with E-state index in [-0.39, 0.29) is 6.04 Å². The molecule has 0 amide bonds. The van der Waals surface area contributed by atoms with Crippen molar-refractivity contribution in [2.45, 2.75) is 25.9 Å². The third kappa shape index (κ3) is 2.37. The molecule has 0 fully saturated rings. The molecule has 2 rings (SSSR count). The van der Waals surface area contributed by atoms with E-state index in [2.05, 4.69) is 10.1 Å². The van der Waals surface area contributed by atoms with Gasteiger partial charge in [0.15, 0.2) is 0 Å². The second-order valence-electron chi connectivity index (χ2n) is 4.30. The van der Waals surface area contributed by atoms with Gasteiger partial charge in [-0.05, 0) is 26.0 Å². The number of nitrogens with zero attached hydrogens (tertiary/aromatic N) is 3. The highest BCUT2D eigenvalue weighted by atomic mass is 35.5. The quantitative estimate of drug-likeness (QED) is 0.931. The summed E-state index contributed by atoms with van der Waals surface area (Å²) in [5.74, 6) is -0.394. The first kappa shape index (κ1) is 13.0. The molecule has 1 atom stereocenters. The zero-order valence-electron chi connectivity index (χ0n) is 10.1. The molecule has 0 saturated heterocycles. The molecule has 2 heterocycles. The number of hydrogen-bond acceptors (Lipinski definition) is 3. The minimum absolute atomic E-state index is 0.138. The molecule has 0 aliphatic rings. The number of nitrogens with two attached hydrogens (primary N) is 1. The Balaban J connectivity index is 2.42. The van der Waals surface area contributed by atoms with Gasteiger partial charge in [-0.15, -0.1) is 0 Å². The number of rotatable bonds is 3. The van der Waals surface area contributed by atoms with Gasteiger partial charge in [0, 0.05) is 6.04 Å². The molecule has 2 aromatic rings. The Bertz CT molecular complexity index is 536. The summed E-state index contributed by atoms with van der Waals surface area (Å²) in [6, 6.07) is 2.49. The summed E-state index contributed by atoms with van der Waals surface area (Å²) in [5, 5.41) is 4.67. The summed E-state index contributed by atoms with van der Waals surface area (Å²) in [6.07, 6.45) is 2.69. The molecular weight excluding hydrogens is 255 g/mol. The molecule has 0 aliphatic carbocycles. The second-order valence-corrected chi connectivity index (χ2v) is 4.70. The van der Waals surface area contributed by atoms with Crippen molar-refractivity contribution in [3.63, 3.8) is 0 Å². The molecule has 0 saturated carbocycles. The van der Waals surface area contributed by atoms with Crippen molar-refractivity contribution in [2.24, 2.45) is 5.73 Å². The Morgan fingerprint density at radius 2 is 2.06 bits per heavy atom. The maximum absolute atomic E-state index is 12.8. The Hall–Kier alpha value is -1.46. The van der Waals surface area contributed by atoms with Crippen LogP contribution >= 0.6 is 11.6 Å². The number of hydrogen-bond donors (Lipinski definition) is 1. The minimum Gasteiger partial charge on any atom is -0.318 e. The van der Waals surface area contributed by atoms with Crippen LogP contribution in [0.2, 0.25) is 5.02 Å². The summed E-state index contributed by atoms with van der Waals surface area (Å²) < 4.78 is 14.6. The molecule has 0 aromatic carbocycles. The monoisotopic (exact) mass is 268 g/mol. The maximum Gasteiger partial charge on any atom is 0.141 e. The second kappa shape index (κ2) is 5.04. The van der Waals surface area contributed by atoms with Gasteiger partial charge in [-0.2, -0.15) is 5.10 Å². The van der Waals surface area contributed by atoms with Gasteiger partial charge >= 0.3 is 0 Å². The summed E-state index contributed by atoms with van der Waals surface area (Å²) in [7, 11) is 0. The molecule has 2 N–H and O–H groups in total. The zero-order chi connectivity index (χ0) is 13.3. The van der Waals surface area contributed by atoms with E-state index in [0.717, 1.165) is 6.20 Å². The Labute approximate surface area is 110 Å². The van der Waals surface area contributed by atoms with Crippen LogP contribution in [0.1, 0.15) is 37.3 Å². The third-order valence-electron chi connectivity index (χ3n) is 2.64. The summed E-state index contributed by atoms with van der Waals surface area (Å²) in [5.41, 5.74) is 7.36. The molecule has 6 heteroatoms. The van der Waals surface area contributed by atoms with Crippen LogP contribution in [0.5, 0.6) is 0 Å². The topological polar surface area (TPSA) is 56.7 Å². The Kier molecular flexibility index (Phi) is 3.63. The molecule has 0 radical (unpaired) electrons. The van der Waals surface area contributed by atoms with Gasteiger partial charge in [-0.25, -0.2) is 4.39 Å². The standard InChI is InChI=1S/C12H14ClFN4/c1-7(2)18-12(9(13)6-17-18)11(15)10-4-3-8(14)5-16-10/h3-7,11H,15H2,1-2H3. The van der Waals surface area contributed by atoms with E-state index in [9.17, 15) is 4.39 Å². The lowest BCUT2D eigenvalue weighted by molar-refractivity contribution is 0.497. The normalized spacial score (nSPS) is 13.0. The van der Waals surface area contributed by atoms with E-state index in [4.69, 9.17) is 17.3 Å². The highest BCUT2D eigenvalue weighted by Gasteiger charge is 2.20. The van der Waals surface area contributed by atoms with Crippen LogP contribution in [-0.4, -0.2) is 14.8 Å². The van der Waals surface area contributed by atoms with Crippen LogP contribution in [-0.2, 0) is 0 Å². The molecule has 96 valence electrons. The average molecular weight is 269 g/mol. The average Bonchev–Trinajstić information content (AvgIpc) is 2.71. The summed E-state index contributed by atoms with van der Waals surface area (Å²) in [4.78, 5) is 3.98. The van der Waals surface area contributed by atoms with Crippen LogP contribution < -0.4 is 5.73 Å². The van der Waals surface area contributed by atoms with E-state index in [1.165, 1.54) is 6.07 Å². The lowest BCUT2D eigenvalue weighted by atomic mass is 10.1. The SMILES string of the molecule is CC(C)n1ncc(Cl)c1C(N)c1ccc(F)cn1. The van der Waals surface area contributed by atoms with E-state index in [1.54, 1.807) is 16.9 Å². The molecule has 0 aliphatic heterocycles. The fourth-order valence-corrected chi connectivity index (χ4v) is 2.01. The first-order valence-corrected chi connectivity index (χ1v) is 5.98. The van der Waals surface area contributed by atoms with Gasteiger partial charge in [0.2, 0.25) is 0 Å². The minimum atomic E-state index is -0.525. The van der Waals surface area contributed by atoms with Crippen molar-refractivity contribution >= 4 is 11.6 Å². The number of aromatic nitrogens is 3. The van der Waals surface area contributed by atoms with Gasteiger partial charge in [0.25, 0.3) is 0 Å². The van der Waals surface area contributed by atoms with Crippen LogP contribution in [0.4, 0.5) is 4.39 Å². The lowest BCUT2D eigenvalue weighted by Gasteiger charge is -2.16. The van der Waals surface area contributed by atoms with E-state index in [0.29, 0.717) is 16.4 Å².